The van der Waals surface area contributed by atoms with Crippen LogP contribution >= 0.6 is 23.2 Å². The summed E-state index contributed by atoms with van der Waals surface area (Å²) >= 11 is 12.2. The van der Waals surface area contributed by atoms with Gasteiger partial charge in [-0.3, -0.25) is 19.5 Å². The van der Waals surface area contributed by atoms with E-state index in [9.17, 15) is 9.59 Å². The van der Waals surface area contributed by atoms with Crippen LogP contribution in [0.25, 0.3) is 21.5 Å². The van der Waals surface area contributed by atoms with Crippen LogP contribution in [-0.2, 0) is 0 Å². The normalized spacial score (nSPS) is 13.2. The first kappa shape index (κ1) is 27.0. The average Bonchev–Trinajstić information content (AvgIpc) is 2.93. The van der Waals surface area contributed by atoms with Gasteiger partial charge in [0, 0.05) is 45.7 Å². The van der Waals surface area contributed by atoms with E-state index in [4.69, 9.17) is 32.9 Å². The van der Waals surface area contributed by atoms with Gasteiger partial charge >= 0.3 is 0 Å². The molecular formula is C33H25Cl2N3O3. The van der Waals surface area contributed by atoms with Gasteiger partial charge in [0.2, 0.25) is 0 Å². The van der Waals surface area contributed by atoms with Crippen LogP contribution in [0.2, 0.25) is 10.0 Å². The third kappa shape index (κ3) is 5.30. The van der Waals surface area contributed by atoms with Crippen molar-refractivity contribution < 1.29 is 14.3 Å². The fourth-order valence-electron chi connectivity index (χ4n) is 5.11. The minimum Gasteiger partial charge on any atom is -0.457 e. The van der Waals surface area contributed by atoms with Crippen LogP contribution in [0.5, 0.6) is 11.5 Å². The van der Waals surface area contributed by atoms with Gasteiger partial charge in [-0.2, -0.15) is 0 Å². The number of fused-ring (bicyclic) bond motifs is 2. The molecule has 0 aliphatic carbocycles. The summed E-state index contributed by atoms with van der Waals surface area (Å²) in [7, 11) is 3.83. The van der Waals surface area contributed by atoms with Crippen LogP contribution < -0.4 is 4.74 Å². The second-order valence-electron chi connectivity index (χ2n) is 10.1. The molecule has 204 valence electrons. The molecule has 6 nitrogen and oxygen atoms in total. The fraction of sp³-hybridized carbons (Fsp3) is 0.121. The van der Waals surface area contributed by atoms with Crippen LogP contribution in [0.1, 0.15) is 26.3 Å². The number of ether oxygens (including phenoxy) is 1. The molecule has 0 atom stereocenters. The molecule has 0 radical (unpaired) electrons. The lowest BCUT2D eigenvalue weighted by Gasteiger charge is -2.29. The Morgan fingerprint density at radius 2 is 1.51 bits per heavy atom. The number of nitrogens with zero attached hydrogens (tertiary/aromatic N) is 3. The summed E-state index contributed by atoms with van der Waals surface area (Å²) in [5.41, 5.74) is 2.48. The number of carbonyl (C=O) groups is 2. The number of imide groups is 1. The van der Waals surface area contributed by atoms with Gasteiger partial charge in [-0.1, -0.05) is 59.6 Å². The summed E-state index contributed by atoms with van der Waals surface area (Å²) in [5.74, 6) is 0.554. The maximum atomic E-state index is 13.9. The molecule has 0 saturated heterocycles. The molecule has 5 aromatic rings. The van der Waals surface area contributed by atoms with Crippen LogP contribution in [-0.4, -0.2) is 55.0 Å². The standard InChI is InChI=1S/C33H25Cl2N3O3/c1-37(2)12-13-38-32(39)27-10-4-7-21-15-22-8-5-11-28(30(22)31(29(21)27)33(38)40)36-19-20-6-3-9-25(14-20)41-26-17-23(34)16-24(35)18-26/h3-11,14-19H,12-13H2,1-2H3/b36-19-. The van der Waals surface area contributed by atoms with Crippen molar-refractivity contribution >= 4 is 68.5 Å². The van der Waals surface area contributed by atoms with E-state index in [-0.39, 0.29) is 11.8 Å². The van der Waals surface area contributed by atoms with Gasteiger partial charge < -0.3 is 9.64 Å². The van der Waals surface area contributed by atoms with Crippen molar-refractivity contribution in [3.05, 3.63) is 112 Å². The zero-order chi connectivity index (χ0) is 28.7. The molecule has 0 aromatic heterocycles. The molecule has 0 spiro atoms. The molecular weight excluding hydrogens is 557 g/mol. The number of likely N-dealkylation sites (N-methyl/N-ethyl adjacent to an activating group) is 1. The number of hydrogen-bond acceptors (Lipinski definition) is 5. The number of rotatable bonds is 7. The number of benzene rings is 5. The molecule has 2 amide bonds. The minimum atomic E-state index is -0.301. The van der Waals surface area contributed by atoms with E-state index >= 15 is 0 Å². The van der Waals surface area contributed by atoms with Gasteiger partial charge in [-0.05, 0) is 79.0 Å². The molecule has 0 bridgehead atoms. The van der Waals surface area contributed by atoms with Gasteiger partial charge in [0.1, 0.15) is 11.5 Å². The number of carbonyl (C=O) groups excluding carboxylic acids is 2. The first-order valence-corrected chi connectivity index (χ1v) is 13.8. The predicted molar refractivity (Wildman–Crippen MR) is 166 cm³/mol. The molecule has 6 rings (SSSR count). The van der Waals surface area contributed by atoms with Crippen molar-refractivity contribution in [2.75, 3.05) is 27.2 Å². The second-order valence-corrected chi connectivity index (χ2v) is 11.0. The van der Waals surface area contributed by atoms with Gasteiger partial charge in [0.25, 0.3) is 11.8 Å². The van der Waals surface area contributed by atoms with Gasteiger partial charge in [-0.25, -0.2) is 0 Å². The molecule has 0 unspecified atom stereocenters. The predicted octanol–water partition coefficient (Wildman–Crippen LogP) is 8.00. The Bertz CT molecular complexity index is 1860. The Balaban J connectivity index is 1.42. The largest absolute Gasteiger partial charge is 0.457 e. The van der Waals surface area contributed by atoms with Crippen LogP contribution in [0.4, 0.5) is 5.69 Å². The smallest absolute Gasteiger partial charge is 0.262 e. The SMILES string of the molecule is CN(C)CCN1C(=O)c2cccc3cc4cccc(/N=C\c5cccc(Oc6cc(Cl)cc(Cl)c6)c5)c4c(c23)C1=O. The third-order valence-electron chi connectivity index (χ3n) is 6.97. The van der Waals surface area contributed by atoms with Crippen LogP contribution in [0.15, 0.2) is 89.9 Å². The zero-order valence-electron chi connectivity index (χ0n) is 22.4. The van der Waals surface area contributed by atoms with Crippen molar-refractivity contribution in [1.82, 2.24) is 9.80 Å². The van der Waals surface area contributed by atoms with E-state index in [1.807, 2.05) is 79.7 Å². The highest BCUT2D eigenvalue weighted by Crippen LogP contribution is 2.40. The highest BCUT2D eigenvalue weighted by Gasteiger charge is 2.34. The van der Waals surface area contributed by atoms with Gasteiger partial charge in [0.15, 0.2) is 0 Å². The average molecular weight is 582 g/mol. The van der Waals surface area contributed by atoms with Crippen LogP contribution in [0.3, 0.4) is 0 Å². The van der Waals surface area contributed by atoms with E-state index in [0.29, 0.717) is 56.8 Å². The van der Waals surface area contributed by atoms with E-state index in [1.165, 1.54) is 4.90 Å². The first-order valence-electron chi connectivity index (χ1n) is 13.1. The molecule has 5 aromatic carbocycles. The summed E-state index contributed by atoms with van der Waals surface area (Å²) in [6.07, 6.45) is 1.73. The first-order chi connectivity index (χ1) is 19.8. The van der Waals surface area contributed by atoms with Crippen molar-refractivity contribution in [3.63, 3.8) is 0 Å². The van der Waals surface area contributed by atoms with Crippen molar-refractivity contribution in [2.45, 2.75) is 0 Å². The number of aliphatic imine (C=N–C) groups is 1. The maximum absolute atomic E-state index is 13.9. The Morgan fingerprint density at radius 1 is 0.805 bits per heavy atom. The summed E-state index contributed by atoms with van der Waals surface area (Å²) in [6, 6.07) is 25.9. The highest BCUT2D eigenvalue weighted by molar-refractivity contribution is 6.35. The minimum absolute atomic E-state index is 0.270. The molecule has 0 saturated carbocycles. The molecule has 1 heterocycles. The summed E-state index contributed by atoms with van der Waals surface area (Å²) in [6.45, 7) is 0.866. The Hall–Kier alpha value is -4.23. The Kier molecular flexibility index (Phi) is 7.22. The highest BCUT2D eigenvalue weighted by atomic mass is 35.5. The Labute approximate surface area is 247 Å². The van der Waals surface area contributed by atoms with E-state index in [0.717, 1.165) is 21.7 Å². The van der Waals surface area contributed by atoms with Crippen molar-refractivity contribution in [2.24, 2.45) is 4.99 Å². The molecule has 8 heteroatoms. The lowest BCUT2D eigenvalue weighted by molar-refractivity contribution is 0.0602. The van der Waals surface area contributed by atoms with E-state index < -0.39 is 0 Å². The molecule has 0 N–H and O–H groups in total. The molecule has 0 fully saturated rings. The number of amides is 2. The van der Waals surface area contributed by atoms with Gasteiger partial charge in [0.05, 0.1) is 11.3 Å². The topological polar surface area (TPSA) is 62.2 Å². The van der Waals surface area contributed by atoms with Crippen LogP contribution in [0, 0.1) is 0 Å². The Morgan fingerprint density at radius 3 is 2.27 bits per heavy atom. The molecule has 41 heavy (non-hydrogen) atoms. The van der Waals surface area contributed by atoms with Gasteiger partial charge in [-0.15, -0.1) is 0 Å². The zero-order valence-corrected chi connectivity index (χ0v) is 23.9. The maximum Gasteiger partial charge on any atom is 0.262 e. The molecule has 1 aliphatic rings. The van der Waals surface area contributed by atoms with Crippen molar-refractivity contribution in [3.8, 4) is 11.5 Å². The lowest BCUT2D eigenvalue weighted by Crippen LogP contribution is -2.43. The quantitative estimate of drug-likeness (QED) is 0.111. The summed E-state index contributed by atoms with van der Waals surface area (Å²) in [5, 5.41) is 4.09. The number of hydrogen-bond donors (Lipinski definition) is 0. The van der Waals surface area contributed by atoms with E-state index in [2.05, 4.69) is 0 Å². The molecule has 1 aliphatic heterocycles. The summed E-state index contributed by atoms with van der Waals surface area (Å²) in [4.78, 5) is 35.4. The number of halogens is 2. The van der Waals surface area contributed by atoms with Crippen molar-refractivity contribution in [1.29, 1.82) is 0 Å². The lowest BCUT2D eigenvalue weighted by atomic mass is 9.89. The van der Waals surface area contributed by atoms with E-state index in [1.54, 1.807) is 30.5 Å². The third-order valence-corrected chi connectivity index (χ3v) is 7.41. The monoisotopic (exact) mass is 581 g/mol. The second kappa shape index (κ2) is 11.0. The fourth-order valence-corrected chi connectivity index (χ4v) is 5.62. The summed E-state index contributed by atoms with van der Waals surface area (Å²) < 4.78 is 5.97.